The molecule has 1 aliphatic rings. The second kappa shape index (κ2) is 6.13. The first-order valence-corrected chi connectivity index (χ1v) is 9.04. The summed E-state index contributed by atoms with van der Waals surface area (Å²) in [6.45, 7) is 0.347. The fourth-order valence-electron chi connectivity index (χ4n) is 2.31. The van der Waals surface area contributed by atoms with Crippen LogP contribution in [0.1, 0.15) is 46.1 Å². The van der Waals surface area contributed by atoms with Crippen LogP contribution in [0.25, 0.3) is 0 Å². The van der Waals surface area contributed by atoms with Crippen molar-refractivity contribution in [3.63, 3.8) is 0 Å². The Balaban J connectivity index is 1.55. The molecule has 4 N–H and O–H groups in total. The number of nitrogens with one attached hydrogen (secondary N) is 2. The van der Waals surface area contributed by atoms with E-state index in [9.17, 15) is 13.2 Å². The third kappa shape index (κ3) is 4.40. The third-order valence-electron chi connectivity index (χ3n) is 3.69. The molecule has 0 atom stereocenters. The van der Waals surface area contributed by atoms with Crippen LogP contribution in [-0.4, -0.2) is 24.5 Å². The lowest BCUT2D eigenvalue weighted by molar-refractivity contribution is 0.0946. The van der Waals surface area contributed by atoms with E-state index in [-0.39, 0.29) is 11.7 Å². The smallest absolute Gasteiger partial charge is 0.272 e. The van der Waals surface area contributed by atoms with Crippen LogP contribution in [-0.2, 0) is 22.3 Å². The molecule has 3 rings (SSSR count). The number of hydrogen-bond acceptors (Lipinski definition) is 4. The summed E-state index contributed by atoms with van der Waals surface area (Å²) in [7, 11) is -3.53. The zero-order valence-electron chi connectivity index (χ0n) is 12.5. The van der Waals surface area contributed by atoms with Crippen LogP contribution >= 0.6 is 0 Å². The Morgan fingerprint density at radius 3 is 2.52 bits per heavy atom. The average Bonchev–Trinajstić information content (AvgIpc) is 3.22. The number of carbonyl (C=O) groups excluding carboxylic acids is 1. The number of carbonyl (C=O) groups is 1. The van der Waals surface area contributed by atoms with Crippen molar-refractivity contribution in [2.24, 2.45) is 5.14 Å². The summed E-state index contributed by atoms with van der Waals surface area (Å²) in [5, 5.41) is 14.7. The Labute approximate surface area is 134 Å². The van der Waals surface area contributed by atoms with E-state index in [1.54, 1.807) is 30.3 Å². The van der Waals surface area contributed by atoms with E-state index in [0.29, 0.717) is 23.7 Å². The first-order chi connectivity index (χ1) is 10.9. The normalized spacial score (nSPS) is 14.7. The molecule has 122 valence electrons. The molecule has 0 unspecified atom stereocenters. The Morgan fingerprint density at radius 1 is 1.26 bits per heavy atom. The van der Waals surface area contributed by atoms with Gasteiger partial charge in [0.2, 0.25) is 10.0 Å². The number of aromatic amines is 1. The van der Waals surface area contributed by atoms with Gasteiger partial charge >= 0.3 is 0 Å². The number of sulfonamides is 1. The molecule has 1 aromatic carbocycles. The van der Waals surface area contributed by atoms with E-state index >= 15 is 0 Å². The largest absolute Gasteiger partial charge is 0.347 e. The first-order valence-electron chi connectivity index (χ1n) is 7.32. The van der Waals surface area contributed by atoms with Crippen molar-refractivity contribution in [1.82, 2.24) is 15.5 Å². The lowest BCUT2D eigenvalue weighted by Gasteiger charge is -2.05. The van der Waals surface area contributed by atoms with Gasteiger partial charge < -0.3 is 5.32 Å². The predicted molar refractivity (Wildman–Crippen MR) is 85.0 cm³/mol. The Hall–Kier alpha value is -2.19. The summed E-state index contributed by atoms with van der Waals surface area (Å²) in [5.74, 6) is 0.0915. The lowest BCUT2D eigenvalue weighted by atomic mass is 10.1. The number of hydrogen-bond donors (Lipinski definition) is 3. The van der Waals surface area contributed by atoms with Crippen molar-refractivity contribution in [3.05, 3.63) is 52.8 Å². The number of rotatable bonds is 6. The zero-order chi connectivity index (χ0) is 16.4. The van der Waals surface area contributed by atoms with Crippen LogP contribution < -0.4 is 10.5 Å². The minimum atomic E-state index is -3.53. The quantitative estimate of drug-likeness (QED) is 0.730. The van der Waals surface area contributed by atoms with Gasteiger partial charge in [0.25, 0.3) is 5.91 Å². The van der Waals surface area contributed by atoms with E-state index in [0.717, 1.165) is 24.1 Å². The average molecular weight is 334 g/mol. The molecule has 8 heteroatoms. The van der Waals surface area contributed by atoms with E-state index in [1.165, 1.54) is 0 Å². The van der Waals surface area contributed by atoms with Gasteiger partial charge in [0, 0.05) is 18.2 Å². The van der Waals surface area contributed by atoms with Gasteiger partial charge in [-0.3, -0.25) is 9.89 Å². The van der Waals surface area contributed by atoms with Crippen molar-refractivity contribution >= 4 is 15.9 Å². The van der Waals surface area contributed by atoms with Crippen molar-refractivity contribution in [3.8, 4) is 0 Å². The lowest BCUT2D eigenvalue weighted by Crippen LogP contribution is -2.23. The van der Waals surface area contributed by atoms with Crippen LogP contribution in [0.4, 0.5) is 0 Å². The van der Waals surface area contributed by atoms with Crippen molar-refractivity contribution in [2.75, 3.05) is 0 Å². The molecule has 2 aromatic rings. The minimum absolute atomic E-state index is 0.198. The second-order valence-electron chi connectivity index (χ2n) is 5.79. The summed E-state index contributed by atoms with van der Waals surface area (Å²) < 4.78 is 22.0. The van der Waals surface area contributed by atoms with Gasteiger partial charge in [-0.1, -0.05) is 24.3 Å². The van der Waals surface area contributed by atoms with Gasteiger partial charge in [0.1, 0.15) is 5.69 Å². The number of aromatic nitrogens is 2. The third-order valence-corrected chi connectivity index (χ3v) is 4.43. The number of nitrogens with two attached hydrogens (primary N) is 1. The standard InChI is InChI=1S/C15H18N4O3S/c16-23(21,22)9-11-3-1-10(2-4-11)8-17-15(20)14-7-13(18-19-14)12-5-6-12/h1-4,7,12H,5-6,8-9H2,(H,17,20)(H,18,19)(H2,16,21,22). The number of primary sulfonamides is 1. The molecule has 1 aromatic heterocycles. The van der Waals surface area contributed by atoms with Crippen molar-refractivity contribution in [2.45, 2.75) is 31.1 Å². The number of H-pyrrole nitrogens is 1. The van der Waals surface area contributed by atoms with E-state index in [2.05, 4.69) is 15.5 Å². The Kier molecular flexibility index (Phi) is 4.18. The molecule has 1 aliphatic carbocycles. The van der Waals surface area contributed by atoms with Crippen molar-refractivity contribution < 1.29 is 13.2 Å². The molecule has 1 saturated carbocycles. The summed E-state index contributed by atoms with van der Waals surface area (Å²) in [4.78, 5) is 12.0. The maximum atomic E-state index is 12.0. The first kappa shape index (κ1) is 15.7. The molecule has 0 aliphatic heterocycles. The molecule has 0 radical (unpaired) electrons. The van der Waals surface area contributed by atoms with Gasteiger partial charge in [0.15, 0.2) is 0 Å². The molecule has 0 saturated heterocycles. The number of nitrogens with zero attached hydrogens (tertiary/aromatic N) is 1. The molecule has 1 heterocycles. The van der Waals surface area contributed by atoms with Gasteiger partial charge in [0.05, 0.1) is 5.75 Å². The highest BCUT2D eigenvalue weighted by molar-refractivity contribution is 7.88. The fraction of sp³-hybridized carbons (Fsp3) is 0.333. The monoisotopic (exact) mass is 334 g/mol. The summed E-state index contributed by atoms with van der Waals surface area (Å²) >= 11 is 0. The Morgan fingerprint density at radius 2 is 1.91 bits per heavy atom. The Bertz CT molecular complexity index is 808. The van der Waals surface area contributed by atoms with Crippen LogP contribution in [0.5, 0.6) is 0 Å². The molecule has 0 spiro atoms. The highest BCUT2D eigenvalue weighted by Gasteiger charge is 2.26. The maximum Gasteiger partial charge on any atom is 0.272 e. The highest BCUT2D eigenvalue weighted by atomic mass is 32.2. The van der Waals surface area contributed by atoms with Gasteiger partial charge in [-0.25, -0.2) is 13.6 Å². The van der Waals surface area contributed by atoms with Crippen LogP contribution in [0, 0.1) is 0 Å². The summed E-state index contributed by atoms with van der Waals surface area (Å²) in [5.41, 5.74) is 2.89. The SMILES string of the molecule is NS(=O)(=O)Cc1ccc(CNC(=O)c2cc(C3CC3)[nH]n2)cc1. The van der Waals surface area contributed by atoms with Gasteiger partial charge in [-0.2, -0.15) is 5.10 Å². The van der Waals surface area contributed by atoms with E-state index in [4.69, 9.17) is 5.14 Å². The molecular formula is C15H18N4O3S. The van der Waals surface area contributed by atoms with Gasteiger partial charge in [-0.15, -0.1) is 0 Å². The van der Waals surface area contributed by atoms with Crippen LogP contribution in [0.2, 0.25) is 0 Å². The molecule has 23 heavy (non-hydrogen) atoms. The molecule has 1 fully saturated rings. The van der Waals surface area contributed by atoms with E-state index < -0.39 is 10.0 Å². The van der Waals surface area contributed by atoms with Crippen LogP contribution in [0.15, 0.2) is 30.3 Å². The van der Waals surface area contributed by atoms with Gasteiger partial charge in [-0.05, 0) is 30.0 Å². The maximum absolute atomic E-state index is 12.0. The van der Waals surface area contributed by atoms with Crippen molar-refractivity contribution in [1.29, 1.82) is 0 Å². The summed E-state index contributed by atoms with van der Waals surface area (Å²) in [6.07, 6.45) is 2.29. The summed E-state index contributed by atoms with van der Waals surface area (Å²) in [6, 6.07) is 8.70. The topological polar surface area (TPSA) is 118 Å². The number of amides is 1. The second-order valence-corrected chi connectivity index (χ2v) is 7.40. The minimum Gasteiger partial charge on any atom is -0.347 e. The highest BCUT2D eigenvalue weighted by Crippen LogP contribution is 2.38. The molecule has 1 amide bonds. The predicted octanol–water partition coefficient (Wildman–Crippen LogP) is 1.01. The van der Waals surface area contributed by atoms with E-state index in [1.807, 2.05) is 0 Å². The molecular weight excluding hydrogens is 316 g/mol. The molecule has 7 nitrogen and oxygen atoms in total. The van der Waals surface area contributed by atoms with Crippen LogP contribution in [0.3, 0.4) is 0 Å². The fourth-order valence-corrected chi connectivity index (χ4v) is 2.97. The zero-order valence-corrected chi connectivity index (χ0v) is 13.3. The molecule has 0 bridgehead atoms. The number of benzene rings is 1.